The Morgan fingerprint density at radius 3 is 2.14 bits per heavy atom. The normalized spacial score (nSPS) is 8.57. The number of allylic oxidation sites excluding steroid dienone is 1. The van der Waals surface area contributed by atoms with Crippen LogP contribution >= 0.6 is 0 Å². The summed E-state index contributed by atoms with van der Waals surface area (Å²) in [7, 11) is 0. The molecule has 0 N–H and O–H groups in total. The van der Waals surface area contributed by atoms with Gasteiger partial charge in [0.2, 0.25) is 0 Å². The molecular formula is C13H20O. The molecule has 1 aromatic carbocycles. The van der Waals surface area contributed by atoms with Gasteiger partial charge in [-0.2, -0.15) is 0 Å². The number of aryl methyl sites for hydroxylation is 1. The summed E-state index contributed by atoms with van der Waals surface area (Å²) in [6, 6.07) is 8.30. The van der Waals surface area contributed by atoms with Gasteiger partial charge in [-0.15, -0.1) is 0 Å². The SMILES string of the molecule is C=C(C)OCc1ccc(C)cc1.CC. The van der Waals surface area contributed by atoms with Crippen molar-refractivity contribution in [2.45, 2.75) is 34.3 Å². The number of ether oxygens (including phenoxy) is 1. The van der Waals surface area contributed by atoms with Crippen molar-refractivity contribution in [3.05, 3.63) is 47.7 Å². The smallest absolute Gasteiger partial charge is 0.113 e. The maximum Gasteiger partial charge on any atom is 0.113 e. The second-order valence-corrected chi connectivity index (χ2v) is 2.98. The van der Waals surface area contributed by atoms with E-state index >= 15 is 0 Å². The van der Waals surface area contributed by atoms with Crippen molar-refractivity contribution >= 4 is 0 Å². The molecule has 0 aromatic heterocycles. The molecule has 0 bridgehead atoms. The first-order chi connectivity index (χ1) is 6.68. The molecule has 0 heterocycles. The Kier molecular flexibility index (Phi) is 6.55. The molecule has 0 saturated carbocycles. The molecule has 78 valence electrons. The molecule has 1 heteroatoms. The highest BCUT2D eigenvalue weighted by molar-refractivity contribution is 5.20. The quantitative estimate of drug-likeness (QED) is 0.656. The second kappa shape index (κ2) is 7.19. The summed E-state index contributed by atoms with van der Waals surface area (Å²) in [5, 5.41) is 0. The first kappa shape index (κ1) is 12.8. The van der Waals surface area contributed by atoms with Crippen molar-refractivity contribution in [3.63, 3.8) is 0 Å². The molecule has 0 spiro atoms. The molecule has 14 heavy (non-hydrogen) atoms. The number of hydrogen-bond acceptors (Lipinski definition) is 1. The molecule has 0 unspecified atom stereocenters. The van der Waals surface area contributed by atoms with E-state index in [0.29, 0.717) is 6.61 Å². The zero-order valence-electron chi connectivity index (χ0n) is 9.63. The molecule has 0 atom stereocenters. The van der Waals surface area contributed by atoms with Crippen LogP contribution in [0.5, 0.6) is 0 Å². The summed E-state index contributed by atoms with van der Waals surface area (Å²) in [6.45, 7) is 12.2. The third kappa shape index (κ3) is 5.41. The Bertz CT molecular complexity index is 259. The van der Waals surface area contributed by atoms with E-state index in [-0.39, 0.29) is 0 Å². The first-order valence-electron chi connectivity index (χ1n) is 5.02. The predicted molar refractivity (Wildman–Crippen MR) is 62.1 cm³/mol. The van der Waals surface area contributed by atoms with E-state index in [0.717, 1.165) is 5.76 Å². The van der Waals surface area contributed by atoms with E-state index in [4.69, 9.17) is 4.74 Å². The van der Waals surface area contributed by atoms with E-state index in [1.165, 1.54) is 11.1 Å². The van der Waals surface area contributed by atoms with Crippen LogP contribution < -0.4 is 0 Å². The minimum Gasteiger partial charge on any atom is -0.494 e. The maximum atomic E-state index is 5.27. The Labute approximate surface area is 87.4 Å². The lowest BCUT2D eigenvalue weighted by Crippen LogP contribution is -1.89. The van der Waals surface area contributed by atoms with E-state index < -0.39 is 0 Å². The molecule has 0 radical (unpaired) electrons. The third-order valence-corrected chi connectivity index (χ3v) is 1.61. The van der Waals surface area contributed by atoms with Gasteiger partial charge in [-0.1, -0.05) is 50.3 Å². The number of benzene rings is 1. The van der Waals surface area contributed by atoms with Crippen molar-refractivity contribution in [1.82, 2.24) is 0 Å². The molecular weight excluding hydrogens is 172 g/mol. The van der Waals surface area contributed by atoms with Gasteiger partial charge in [0.1, 0.15) is 6.61 Å². The van der Waals surface area contributed by atoms with Crippen LogP contribution in [-0.4, -0.2) is 0 Å². The molecule has 0 fully saturated rings. The maximum absolute atomic E-state index is 5.27. The minimum atomic E-state index is 0.621. The highest BCUT2D eigenvalue weighted by Gasteiger charge is 1.91. The first-order valence-corrected chi connectivity index (χ1v) is 5.02. The lowest BCUT2D eigenvalue weighted by Gasteiger charge is -2.04. The summed E-state index contributed by atoms with van der Waals surface area (Å²) in [5.41, 5.74) is 2.46. The Morgan fingerprint density at radius 1 is 1.21 bits per heavy atom. The number of rotatable bonds is 3. The van der Waals surface area contributed by atoms with Gasteiger partial charge in [0.15, 0.2) is 0 Å². The van der Waals surface area contributed by atoms with Gasteiger partial charge in [0.25, 0.3) is 0 Å². The van der Waals surface area contributed by atoms with Gasteiger partial charge in [0.05, 0.1) is 5.76 Å². The molecule has 1 nitrogen and oxygen atoms in total. The average Bonchev–Trinajstić information content (AvgIpc) is 2.20. The van der Waals surface area contributed by atoms with E-state index in [2.05, 4.69) is 37.8 Å². The lowest BCUT2D eigenvalue weighted by atomic mass is 10.2. The third-order valence-electron chi connectivity index (χ3n) is 1.61. The predicted octanol–water partition coefficient (Wildman–Crippen LogP) is 4.07. The molecule has 0 aliphatic rings. The monoisotopic (exact) mass is 192 g/mol. The van der Waals surface area contributed by atoms with Gasteiger partial charge < -0.3 is 4.74 Å². The highest BCUT2D eigenvalue weighted by Crippen LogP contribution is 2.06. The Balaban J connectivity index is 0.000000791. The highest BCUT2D eigenvalue weighted by atomic mass is 16.5. The minimum absolute atomic E-state index is 0.621. The fourth-order valence-corrected chi connectivity index (χ4v) is 0.891. The molecule has 0 amide bonds. The van der Waals surface area contributed by atoms with Gasteiger partial charge >= 0.3 is 0 Å². The van der Waals surface area contributed by atoms with Gasteiger partial charge in [-0.3, -0.25) is 0 Å². The topological polar surface area (TPSA) is 9.23 Å². The van der Waals surface area contributed by atoms with Crippen molar-refractivity contribution < 1.29 is 4.74 Å². The second-order valence-electron chi connectivity index (χ2n) is 2.98. The molecule has 0 saturated heterocycles. The summed E-state index contributed by atoms with van der Waals surface area (Å²) >= 11 is 0. The largest absolute Gasteiger partial charge is 0.494 e. The van der Waals surface area contributed by atoms with Crippen LogP contribution in [0.3, 0.4) is 0 Å². The van der Waals surface area contributed by atoms with Crippen molar-refractivity contribution in [2.75, 3.05) is 0 Å². The lowest BCUT2D eigenvalue weighted by molar-refractivity contribution is 0.202. The van der Waals surface area contributed by atoms with Crippen LogP contribution in [0.4, 0.5) is 0 Å². The Morgan fingerprint density at radius 2 is 1.71 bits per heavy atom. The summed E-state index contributed by atoms with van der Waals surface area (Å²) in [5.74, 6) is 0.760. The molecule has 0 aliphatic carbocycles. The zero-order valence-corrected chi connectivity index (χ0v) is 9.63. The van der Waals surface area contributed by atoms with E-state index in [1.54, 1.807) is 0 Å². The zero-order chi connectivity index (χ0) is 11.0. The fourth-order valence-electron chi connectivity index (χ4n) is 0.891. The van der Waals surface area contributed by atoms with Crippen LogP contribution in [0.15, 0.2) is 36.6 Å². The van der Waals surface area contributed by atoms with Crippen LogP contribution in [0.1, 0.15) is 31.9 Å². The van der Waals surface area contributed by atoms with E-state index in [9.17, 15) is 0 Å². The van der Waals surface area contributed by atoms with Crippen molar-refractivity contribution in [1.29, 1.82) is 0 Å². The Hall–Kier alpha value is -1.24. The van der Waals surface area contributed by atoms with Crippen molar-refractivity contribution in [3.8, 4) is 0 Å². The van der Waals surface area contributed by atoms with Crippen LogP contribution in [0, 0.1) is 6.92 Å². The molecule has 1 rings (SSSR count). The van der Waals surface area contributed by atoms with Crippen molar-refractivity contribution in [2.24, 2.45) is 0 Å². The number of hydrogen-bond donors (Lipinski definition) is 0. The van der Waals surface area contributed by atoms with E-state index in [1.807, 2.05) is 20.8 Å². The van der Waals surface area contributed by atoms with Crippen LogP contribution in [0.25, 0.3) is 0 Å². The summed E-state index contributed by atoms with van der Waals surface area (Å²) in [4.78, 5) is 0. The van der Waals surface area contributed by atoms with Crippen LogP contribution in [0.2, 0.25) is 0 Å². The van der Waals surface area contributed by atoms with Gasteiger partial charge in [-0.25, -0.2) is 0 Å². The van der Waals surface area contributed by atoms with Crippen LogP contribution in [-0.2, 0) is 11.3 Å². The summed E-state index contributed by atoms with van der Waals surface area (Å²) in [6.07, 6.45) is 0. The fraction of sp³-hybridized carbons (Fsp3) is 0.385. The molecule has 0 aliphatic heterocycles. The van der Waals surface area contributed by atoms with Gasteiger partial charge in [-0.05, 0) is 19.4 Å². The average molecular weight is 192 g/mol. The standard InChI is InChI=1S/C11H14O.C2H6/c1-9(2)12-8-11-6-4-10(3)5-7-11;1-2/h4-7H,1,8H2,2-3H3;1-2H3. The van der Waals surface area contributed by atoms with Gasteiger partial charge in [0, 0.05) is 0 Å². The molecule has 1 aromatic rings. The summed E-state index contributed by atoms with van der Waals surface area (Å²) < 4.78 is 5.27.